The molecule has 0 aromatic carbocycles. The normalized spacial score (nSPS) is 29.5. The van der Waals surface area contributed by atoms with Crippen LogP contribution in [0, 0.1) is 13.8 Å². The van der Waals surface area contributed by atoms with E-state index in [1.165, 1.54) is 0 Å². The van der Waals surface area contributed by atoms with Crippen LogP contribution in [0.2, 0.25) is 0 Å². The molecule has 0 amide bonds. The highest BCUT2D eigenvalue weighted by Crippen LogP contribution is 2.39. The van der Waals surface area contributed by atoms with Crippen LogP contribution < -0.4 is 15.4 Å². The van der Waals surface area contributed by atoms with Crippen molar-refractivity contribution in [2.24, 2.45) is 9.98 Å². The zero-order valence-corrected chi connectivity index (χ0v) is 15.1. The fourth-order valence-corrected chi connectivity index (χ4v) is 4.56. The van der Waals surface area contributed by atoms with Crippen molar-refractivity contribution in [3.8, 4) is 5.75 Å². The summed E-state index contributed by atoms with van der Waals surface area (Å²) in [6, 6.07) is 0. The van der Waals surface area contributed by atoms with Crippen molar-refractivity contribution in [1.29, 1.82) is 0 Å². The Morgan fingerprint density at radius 3 is 2.84 bits per heavy atom. The lowest BCUT2D eigenvalue weighted by Gasteiger charge is -2.33. The number of aromatic nitrogens is 1. The molecule has 2 aliphatic heterocycles. The summed E-state index contributed by atoms with van der Waals surface area (Å²) in [6.45, 7) is 3.87. The van der Waals surface area contributed by atoms with E-state index in [2.05, 4.69) is 25.6 Å². The van der Waals surface area contributed by atoms with E-state index in [9.17, 15) is 4.21 Å². The molecule has 7 nitrogen and oxygen atoms in total. The summed E-state index contributed by atoms with van der Waals surface area (Å²) in [5.74, 6) is 1.04. The summed E-state index contributed by atoms with van der Waals surface area (Å²) in [4.78, 5) is 13.5. The minimum absolute atomic E-state index is 0.262. The highest BCUT2D eigenvalue weighted by Gasteiger charge is 2.57. The Bertz CT molecular complexity index is 891. The topological polar surface area (TPSA) is 88.0 Å². The van der Waals surface area contributed by atoms with Crippen molar-refractivity contribution >= 4 is 22.3 Å². The van der Waals surface area contributed by atoms with Gasteiger partial charge in [-0.2, -0.15) is 0 Å². The Labute approximate surface area is 148 Å². The van der Waals surface area contributed by atoms with Gasteiger partial charge < -0.3 is 15.4 Å². The standard InChI is InChI=1S/C17H19N5O2S/c1-11-8-18-13(12(2)14(11)24-3)9-25(23)15-21-16-6-4-5-7-17(16,22-15)20-10-19-16/h4-8,10H,9H2,1-3H3,(H,19,20)(H,21,22). The molecule has 3 heterocycles. The summed E-state index contributed by atoms with van der Waals surface area (Å²) in [5.41, 5.74) is 1.13. The Hall–Kier alpha value is -2.48. The maximum absolute atomic E-state index is 12.9. The summed E-state index contributed by atoms with van der Waals surface area (Å²) in [6.07, 6.45) is 11.0. The van der Waals surface area contributed by atoms with Gasteiger partial charge in [-0.3, -0.25) is 9.19 Å². The molecule has 0 saturated heterocycles. The van der Waals surface area contributed by atoms with E-state index in [0.717, 1.165) is 22.6 Å². The number of ether oxygens (including phenoxy) is 1. The van der Waals surface area contributed by atoms with E-state index in [1.54, 1.807) is 19.6 Å². The quantitative estimate of drug-likeness (QED) is 0.845. The fourth-order valence-electron chi connectivity index (χ4n) is 3.37. The highest BCUT2D eigenvalue weighted by atomic mass is 32.2. The lowest BCUT2D eigenvalue weighted by molar-refractivity contribution is 0.346. The summed E-state index contributed by atoms with van der Waals surface area (Å²) in [7, 11) is 0.260. The van der Waals surface area contributed by atoms with Crippen LogP contribution in [0.5, 0.6) is 5.75 Å². The van der Waals surface area contributed by atoms with Gasteiger partial charge in [0.15, 0.2) is 10.8 Å². The molecule has 1 aromatic rings. The van der Waals surface area contributed by atoms with E-state index >= 15 is 0 Å². The minimum Gasteiger partial charge on any atom is -0.496 e. The second-order valence-electron chi connectivity index (χ2n) is 6.23. The number of amidine groups is 1. The Morgan fingerprint density at radius 1 is 1.28 bits per heavy atom. The van der Waals surface area contributed by atoms with Crippen LogP contribution in [0.4, 0.5) is 0 Å². The molecule has 130 valence electrons. The van der Waals surface area contributed by atoms with Gasteiger partial charge in [0.2, 0.25) is 5.66 Å². The zero-order valence-electron chi connectivity index (χ0n) is 14.2. The molecule has 3 aliphatic rings. The molecule has 1 aromatic heterocycles. The average Bonchev–Trinajstić information content (AvgIpc) is 3.11. The average molecular weight is 357 g/mol. The van der Waals surface area contributed by atoms with Crippen LogP contribution in [0.25, 0.3) is 0 Å². The molecule has 4 rings (SSSR count). The van der Waals surface area contributed by atoms with Crippen molar-refractivity contribution < 1.29 is 8.95 Å². The first-order chi connectivity index (χ1) is 12.0. The summed E-state index contributed by atoms with van der Waals surface area (Å²) >= 11 is 0. The molecule has 1 aliphatic carbocycles. The molecule has 3 atom stereocenters. The van der Waals surface area contributed by atoms with Crippen molar-refractivity contribution in [2.45, 2.75) is 30.9 Å². The molecule has 0 saturated carbocycles. The van der Waals surface area contributed by atoms with E-state index in [1.807, 2.05) is 38.2 Å². The third-order valence-electron chi connectivity index (χ3n) is 4.73. The van der Waals surface area contributed by atoms with E-state index in [4.69, 9.17) is 4.74 Å². The van der Waals surface area contributed by atoms with Gasteiger partial charge in [-0.25, -0.2) is 9.98 Å². The number of hydrogen-bond donors (Lipinski definition) is 2. The summed E-state index contributed by atoms with van der Waals surface area (Å²) in [5, 5.41) is 6.86. The van der Waals surface area contributed by atoms with E-state index in [-0.39, 0.29) is 5.75 Å². The fraction of sp³-hybridized carbons (Fsp3) is 0.353. The zero-order chi connectivity index (χ0) is 17.7. The van der Waals surface area contributed by atoms with Crippen LogP contribution >= 0.6 is 0 Å². The predicted octanol–water partition coefficient (Wildman–Crippen LogP) is 1.07. The number of pyridine rings is 1. The molecule has 0 bridgehead atoms. The first-order valence-electron chi connectivity index (χ1n) is 7.94. The molecule has 2 N–H and O–H groups in total. The molecule has 0 fully saturated rings. The highest BCUT2D eigenvalue weighted by molar-refractivity contribution is 7.99. The van der Waals surface area contributed by atoms with E-state index in [0.29, 0.717) is 5.17 Å². The minimum atomic E-state index is -1.37. The number of allylic oxidation sites excluding steroid dienone is 2. The number of aliphatic imine (C=N–C) groups is 2. The number of aryl methyl sites for hydroxylation is 1. The van der Waals surface area contributed by atoms with Crippen LogP contribution in [0.1, 0.15) is 16.8 Å². The SMILES string of the molecule is COc1c(C)cnc(CS(=O)C2=NC34C=CC=CC3(NC=N4)N2)c1C. The third-order valence-corrected chi connectivity index (χ3v) is 5.89. The second kappa shape index (κ2) is 5.52. The Morgan fingerprint density at radius 2 is 2.08 bits per heavy atom. The van der Waals surface area contributed by atoms with Crippen molar-refractivity contribution in [2.75, 3.05) is 7.11 Å². The van der Waals surface area contributed by atoms with Gasteiger partial charge in [-0.05, 0) is 26.0 Å². The number of hydrogen-bond acceptors (Lipinski definition) is 7. The Kier molecular flexibility index (Phi) is 3.54. The smallest absolute Gasteiger partial charge is 0.218 e. The second-order valence-corrected chi connectivity index (χ2v) is 7.60. The first-order valence-corrected chi connectivity index (χ1v) is 9.26. The Balaban J connectivity index is 1.63. The molecule has 0 spiro atoms. The molecule has 3 unspecified atom stereocenters. The van der Waals surface area contributed by atoms with Gasteiger partial charge >= 0.3 is 0 Å². The molecule has 25 heavy (non-hydrogen) atoms. The predicted molar refractivity (Wildman–Crippen MR) is 98.0 cm³/mol. The third kappa shape index (κ3) is 2.24. The molecule has 0 radical (unpaired) electrons. The van der Waals surface area contributed by atoms with Crippen LogP contribution in [0.15, 0.2) is 40.5 Å². The molecular weight excluding hydrogens is 338 g/mol. The number of rotatable bonds is 3. The van der Waals surface area contributed by atoms with Gasteiger partial charge in [0.05, 0.1) is 35.7 Å². The van der Waals surface area contributed by atoms with Crippen LogP contribution in [0.3, 0.4) is 0 Å². The maximum atomic E-state index is 12.9. The number of nitrogens with zero attached hydrogens (tertiary/aromatic N) is 3. The molecular formula is C17H19N5O2S. The van der Waals surface area contributed by atoms with Crippen molar-refractivity contribution in [3.05, 3.63) is 47.3 Å². The first kappa shape index (κ1) is 16.0. The lowest BCUT2D eigenvalue weighted by Crippen LogP contribution is -2.61. The molecule has 8 heteroatoms. The van der Waals surface area contributed by atoms with Gasteiger partial charge in [-0.15, -0.1) is 0 Å². The summed E-state index contributed by atoms with van der Waals surface area (Å²) < 4.78 is 18.4. The maximum Gasteiger partial charge on any atom is 0.218 e. The number of methoxy groups -OCH3 is 1. The largest absolute Gasteiger partial charge is 0.496 e. The van der Waals surface area contributed by atoms with Crippen LogP contribution in [-0.4, -0.2) is 39.1 Å². The van der Waals surface area contributed by atoms with Crippen LogP contribution in [-0.2, 0) is 16.6 Å². The van der Waals surface area contributed by atoms with Gasteiger partial charge in [0, 0.05) is 17.3 Å². The lowest BCUT2D eigenvalue weighted by atomic mass is 9.91. The van der Waals surface area contributed by atoms with Crippen molar-refractivity contribution in [3.63, 3.8) is 0 Å². The van der Waals surface area contributed by atoms with Gasteiger partial charge in [0.25, 0.3) is 0 Å². The van der Waals surface area contributed by atoms with Gasteiger partial charge in [-0.1, -0.05) is 12.2 Å². The van der Waals surface area contributed by atoms with E-state index < -0.39 is 22.1 Å². The van der Waals surface area contributed by atoms with Gasteiger partial charge in [0.1, 0.15) is 5.75 Å². The monoisotopic (exact) mass is 357 g/mol. The number of nitrogens with one attached hydrogen (secondary N) is 2. The van der Waals surface area contributed by atoms with Crippen molar-refractivity contribution in [1.82, 2.24) is 15.6 Å².